The second-order valence-electron chi connectivity index (χ2n) is 2.10. The van der Waals surface area contributed by atoms with E-state index in [1.54, 1.807) is 6.92 Å². The molecule has 10 heavy (non-hydrogen) atoms. The summed E-state index contributed by atoms with van der Waals surface area (Å²) < 4.78 is 4.81. The maximum Gasteiger partial charge on any atom is 0.152 e. The Hall–Kier alpha value is 0.0700. The third kappa shape index (κ3) is 3.98. The van der Waals surface area contributed by atoms with Crippen molar-refractivity contribution in [1.29, 1.82) is 0 Å². The molecule has 0 aromatic heterocycles. The molecule has 0 heterocycles. The van der Waals surface area contributed by atoms with Crippen LogP contribution in [-0.2, 0) is 9.53 Å². The van der Waals surface area contributed by atoms with Gasteiger partial charge in [0.1, 0.15) is 5.01 Å². The third-order valence-electron chi connectivity index (χ3n) is 1.13. The Morgan fingerprint density at radius 3 is 2.60 bits per heavy atom. The zero-order valence-corrected chi connectivity index (χ0v) is 7.72. The molecule has 0 spiro atoms. The first kappa shape index (κ1) is 10.1. The Labute approximate surface area is 69.0 Å². The molecule has 0 aromatic rings. The van der Waals surface area contributed by atoms with E-state index in [9.17, 15) is 4.79 Å². The van der Waals surface area contributed by atoms with E-state index in [4.69, 9.17) is 10.5 Å². The van der Waals surface area contributed by atoms with E-state index >= 15 is 0 Å². The summed E-state index contributed by atoms with van der Waals surface area (Å²) in [6.45, 7) is 1.66. The highest BCUT2D eigenvalue weighted by Crippen LogP contribution is 2.06. The van der Waals surface area contributed by atoms with Crippen molar-refractivity contribution in [3.05, 3.63) is 0 Å². The van der Waals surface area contributed by atoms with E-state index in [1.807, 2.05) is 0 Å². The fourth-order valence-corrected chi connectivity index (χ4v) is 0.746. The van der Waals surface area contributed by atoms with Crippen molar-refractivity contribution in [3.63, 3.8) is 0 Å². The third-order valence-corrected chi connectivity index (χ3v) is 1.82. The van der Waals surface area contributed by atoms with Crippen molar-refractivity contribution in [1.82, 2.24) is 0 Å². The number of methoxy groups -OCH3 is 1. The molecule has 2 unspecified atom stereocenters. The quantitative estimate of drug-likeness (QED) is 0.693. The van der Waals surface area contributed by atoms with E-state index in [0.29, 0.717) is 6.42 Å². The number of ketones is 1. The number of ether oxygens (including phenoxy) is 1. The van der Waals surface area contributed by atoms with Crippen LogP contribution in [0.2, 0.25) is 0 Å². The van der Waals surface area contributed by atoms with Gasteiger partial charge >= 0.3 is 0 Å². The second kappa shape index (κ2) is 4.82. The first-order chi connectivity index (χ1) is 4.57. The smallest absolute Gasteiger partial charge is 0.152 e. The number of hydrogen-bond donors (Lipinski definition) is 1. The molecule has 0 bridgehead atoms. The second-order valence-corrected chi connectivity index (χ2v) is 3.13. The monoisotopic (exact) mass is 209 g/mol. The van der Waals surface area contributed by atoms with Crippen molar-refractivity contribution in [3.8, 4) is 0 Å². The minimum absolute atomic E-state index is 0.00345. The molecule has 60 valence electrons. The van der Waals surface area contributed by atoms with Gasteiger partial charge in [-0.1, -0.05) is 15.9 Å². The molecule has 0 rings (SSSR count). The molecule has 3 nitrogen and oxygen atoms in total. The van der Waals surface area contributed by atoms with E-state index in [-0.39, 0.29) is 10.8 Å². The fourth-order valence-electron chi connectivity index (χ4n) is 0.427. The molecule has 0 fully saturated rings. The largest absolute Gasteiger partial charge is 0.370 e. The summed E-state index contributed by atoms with van der Waals surface area (Å²) >= 11 is 3.15. The molecule has 2 N–H and O–H groups in total. The number of hydrogen-bond acceptors (Lipinski definition) is 3. The Kier molecular flexibility index (Phi) is 4.85. The van der Waals surface area contributed by atoms with Crippen LogP contribution in [0, 0.1) is 0 Å². The predicted molar refractivity (Wildman–Crippen MR) is 43.0 cm³/mol. The Morgan fingerprint density at radius 2 is 2.30 bits per heavy atom. The van der Waals surface area contributed by atoms with E-state index < -0.39 is 6.04 Å². The highest BCUT2D eigenvalue weighted by atomic mass is 79.9. The fraction of sp³-hybridized carbons (Fsp3) is 0.833. The maximum atomic E-state index is 10.9. The van der Waals surface area contributed by atoms with Crippen LogP contribution in [0.1, 0.15) is 13.3 Å². The van der Waals surface area contributed by atoms with E-state index in [2.05, 4.69) is 15.9 Å². The summed E-state index contributed by atoms with van der Waals surface area (Å²) in [4.78, 5) is 10.9. The molecular formula is C6H12BrNO2. The SMILES string of the molecule is COC(Br)CC(=O)C(C)N. The molecule has 4 heteroatoms. The standard InChI is InChI=1S/C6H12BrNO2/c1-4(8)5(9)3-6(7)10-2/h4,6H,3,8H2,1-2H3. The minimum Gasteiger partial charge on any atom is -0.370 e. The average molecular weight is 210 g/mol. The number of nitrogens with two attached hydrogens (primary N) is 1. The zero-order valence-electron chi connectivity index (χ0n) is 6.13. The highest BCUT2D eigenvalue weighted by Gasteiger charge is 2.12. The average Bonchev–Trinajstić information content (AvgIpc) is 1.87. The Morgan fingerprint density at radius 1 is 1.80 bits per heavy atom. The Balaban J connectivity index is 3.57. The summed E-state index contributed by atoms with van der Waals surface area (Å²) in [5.74, 6) is 0.00345. The first-order valence-electron chi connectivity index (χ1n) is 3.03. The summed E-state index contributed by atoms with van der Waals surface area (Å²) in [7, 11) is 1.54. The molecule has 0 saturated heterocycles. The molecular weight excluding hydrogens is 198 g/mol. The van der Waals surface area contributed by atoms with Crippen LogP contribution in [0.15, 0.2) is 0 Å². The maximum absolute atomic E-state index is 10.9. The van der Waals surface area contributed by atoms with Crippen LogP contribution < -0.4 is 5.73 Å². The lowest BCUT2D eigenvalue weighted by Crippen LogP contribution is -2.28. The lowest BCUT2D eigenvalue weighted by Gasteiger charge is -2.07. The van der Waals surface area contributed by atoms with Crippen molar-refractivity contribution < 1.29 is 9.53 Å². The number of alkyl halides is 1. The summed E-state index contributed by atoms with van der Waals surface area (Å²) in [6, 6.07) is -0.393. The van der Waals surface area contributed by atoms with Crippen molar-refractivity contribution in [2.45, 2.75) is 24.4 Å². The van der Waals surface area contributed by atoms with Crippen LogP contribution in [-0.4, -0.2) is 23.9 Å². The van der Waals surface area contributed by atoms with Gasteiger partial charge in [-0.25, -0.2) is 0 Å². The Bertz CT molecular complexity index is 116. The van der Waals surface area contributed by atoms with Crippen molar-refractivity contribution >= 4 is 21.7 Å². The number of carbonyl (C=O) groups excluding carboxylic acids is 1. The van der Waals surface area contributed by atoms with Crippen LogP contribution in [0.4, 0.5) is 0 Å². The summed E-state index contributed by atoms with van der Waals surface area (Å²) in [5.41, 5.74) is 5.31. The van der Waals surface area contributed by atoms with Gasteiger partial charge in [-0.15, -0.1) is 0 Å². The minimum atomic E-state index is -0.393. The first-order valence-corrected chi connectivity index (χ1v) is 3.94. The number of carbonyl (C=O) groups is 1. The molecule has 0 saturated carbocycles. The predicted octanol–water partition coefficient (Wildman–Crippen LogP) is 0.660. The summed E-state index contributed by atoms with van der Waals surface area (Å²) in [6.07, 6.45) is 0.328. The van der Waals surface area contributed by atoms with E-state index in [0.717, 1.165) is 0 Å². The van der Waals surface area contributed by atoms with Gasteiger partial charge in [0, 0.05) is 13.5 Å². The lowest BCUT2D eigenvalue weighted by molar-refractivity contribution is -0.121. The summed E-state index contributed by atoms with van der Waals surface area (Å²) in [5, 5.41) is -0.203. The molecule has 0 radical (unpaired) electrons. The molecule has 0 aliphatic carbocycles. The van der Waals surface area contributed by atoms with Gasteiger partial charge in [0.05, 0.1) is 6.04 Å². The van der Waals surface area contributed by atoms with Gasteiger partial charge in [0.15, 0.2) is 5.78 Å². The molecule has 2 atom stereocenters. The molecule has 0 aromatic carbocycles. The van der Waals surface area contributed by atoms with Crippen molar-refractivity contribution in [2.75, 3.05) is 7.11 Å². The molecule has 0 amide bonds. The number of rotatable bonds is 4. The van der Waals surface area contributed by atoms with Crippen LogP contribution in [0.25, 0.3) is 0 Å². The zero-order chi connectivity index (χ0) is 8.15. The van der Waals surface area contributed by atoms with Crippen LogP contribution in [0.5, 0.6) is 0 Å². The van der Waals surface area contributed by atoms with E-state index in [1.165, 1.54) is 7.11 Å². The normalized spacial score (nSPS) is 16.4. The lowest BCUT2D eigenvalue weighted by atomic mass is 10.2. The molecule has 0 aliphatic heterocycles. The highest BCUT2D eigenvalue weighted by molar-refractivity contribution is 9.09. The topological polar surface area (TPSA) is 52.3 Å². The van der Waals surface area contributed by atoms with Crippen LogP contribution >= 0.6 is 15.9 Å². The molecule has 0 aliphatic rings. The van der Waals surface area contributed by atoms with Crippen molar-refractivity contribution in [2.24, 2.45) is 5.73 Å². The van der Waals surface area contributed by atoms with Gasteiger partial charge in [-0.3, -0.25) is 4.79 Å². The number of halogens is 1. The van der Waals surface area contributed by atoms with Gasteiger partial charge in [-0.2, -0.15) is 0 Å². The van der Waals surface area contributed by atoms with Gasteiger partial charge in [-0.05, 0) is 6.92 Å². The van der Waals surface area contributed by atoms with Gasteiger partial charge in [0.25, 0.3) is 0 Å². The van der Waals surface area contributed by atoms with Gasteiger partial charge in [0.2, 0.25) is 0 Å². The number of Topliss-reactive ketones (excluding diaryl/α,β-unsaturated/α-hetero) is 1. The van der Waals surface area contributed by atoms with Crippen LogP contribution in [0.3, 0.4) is 0 Å². The van der Waals surface area contributed by atoms with Gasteiger partial charge < -0.3 is 10.5 Å².